The van der Waals surface area contributed by atoms with Crippen LogP contribution >= 0.6 is 15.9 Å². The molecular formula is C27H16BrF3O3. The lowest BCUT2D eigenvalue weighted by Crippen LogP contribution is -2.16. The van der Waals surface area contributed by atoms with E-state index in [1.807, 2.05) is 24.3 Å². The van der Waals surface area contributed by atoms with Gasteiger partial charge >= 0.3 is 6.18 Å². The number of ether oxygens (including phenoxy) is 1. The fraction of sp³-hybridized carbons (Fsp3) is 0.0741. The minimum atomic E-state index is -4.87. The van der Waals surface area contributed by atoms with Gasteiger partial charge in [-0.05, 0) is 46.2 Å². The van der Waals surface area contributed by atoms with Gasteiger partial charge in [-0.2, -0.15) is 13.2 Å². The van der Waals surface area contributed by atoms with Crippen molar-refractivity contribution in [2.24, 2.45) is 0 Å². The Labute approximate surface area is 200 Å². The van der Waals surface area contributed by atoms with Crippen LogP contribution in [-0.2, 0) is 12.8 Å². The van der Waals surface area contributed by atoms with E-state index in [9.17, 15) is 18.0 Å². The molecule has 34 heavy (non-hydrogen) atoms. The summed E-state index contributed by atoms with van der Waals surface area (Å²) in [5.41, 5.74) is -0.372. The van der Waals surface area contributed by atoms with Gasteiger partial charge < -0.3 is 9.15 Å². The van der Waals surface area contributed by atoms with Crippen LogP contribution in [0.25, 0.3) is 32.9 Å². The zero-order valence-corrected chi connectivity index (χ0v) is 19.1. The molecule has 0 saturated heterocycles. The van der Waals surface area contributed by atoms with Gasteiger partial charge in [0.15, 0.2) is 0 Å². The summed E-state index contributed by atoms with van der Waals surface area (Å²) in [6.07, 6.45) is -4.87. The smallest absolute Gasteiger partial charge is 0.450 e. The number of fused-ring (bicyclic) bond motifs is 2. The lowest BCUT2D eigenvalue weighted by Gasteiger charge is -2.15. The number of rotatable bonds is 4. The maximum Gasteiger partial charge on any atom is 0.450 e. The van der Waals surface area contributed by atoms with Gasteiger partial charge in [-0.15, -0.1) is 0 Å². The number of hydrogen-bond acceptors (Lipinski definition) is 3. The Morgan fingerprint density at radius 1 is 0.853 bits per heavy atom. The Morgan fingerprint density at radius 3 is 2.35 bits per heavy atom. The van der Waals surface area contributed by atoms with E-state index in [0.717, 1.165) is 15.4 Å². The quantitative estimate of drug-likeness (QED) is 0.239. The van der Waals surface area contributed by atoms with Crippen LogP contribution in [0.3, 0.4) is 0 Å². The first kappa shape index (κ1) is 22.2. The maximum absolute atomic E-state index is 14.1. The normalized spacial score (nSPS) is 11.8. The van der Waals surface area contributed by atoms with Crippen molar-refractivity contribution in [3.8, 4) is 16.9 Å². The number of hydrogen-bond donors (Lipinski definition) is 0. The standard InChI is InChI=1S/C27H16BrF3O3/c28-18-10-8-16(9-11-18)15-33-19-12-13-22-23(14-19)34-26(27(29,30)31)24(25(22)32)21-7-3-5-17-4-1-2-6-20(17)21/h1-14H,15H2. The second-order valence-corrected chi connectivity index (χ2v) is 8.65. The first-order chi connectivity index (χ1) is 16.3. The average Bonchev–Trinajstić information content (AvgIpc) is 2.83. The van der Waals surface area contributed by atoms with Gasteiger partial charge in [0.25, 0.3) is 0 Å². The van der Waals surface area contributed by atoms with Crippen molar-refractivity contribution >= 4 is 37.7 Å². The third-order valence-corrected chi connectivity index (χ3v) is 6.03. The van der Waals surface area contributed by atoms with E-state index in [-0.39, 0.29) is 23.1 Å². The van der Waals surface area contributed by atoms with Crippen molar-refractivity contribution in [3.63, 3.8) is 0 Å². The van der Waals surface area contributed by atoms with Gasteiger partial charge in [0.05, 0.1) is 10.9 Å². The number of halogens is 4. The summed E-state index contributed by atoms with van der Waals surface area (Å²) in [6, 6.07) is 23.7. The Balaban J connectivity index is 1.64. The molecule has 0 amide bonds. The van der Waals surface area contributed by atoms with Crippen molar-refractivity contribution in [2.45, 2.75) is 12.8 Å². The van der Waals surface area contributed by atoms with Gasteiger partial charge in [-0.1, -0.05) is 70.5 Å². The summed E-state index contributed by atoms with van der Waals surface area (Å²) in [7, 11) is 0. The molecule has 0 aliphatic rings. The van der Waals surface area contributed by atoms with Crippen LogP contribution < -0.4 is 10.2 Å². The average molecular weight is 525 g/mol. The van der Waals surface area contributed by atoms with Gasteiger partial charge in [0, 0.05) is 10.5 Å². The van der Waals surface area contributed by atoms with E-state index >= 15 is 0 Å². The van der Waals surface area contributed by atoms with Crippen molar-refractivity contribution < 1.29 is 22.3 Å². The van der Waals surface area contributed by atoms with Crippen molar-refractivity contribution in [2.75, 3.05) is 0 Å². The summed E-state index contributed by atoms with van der Waals surface area (Å²) in [4.78, 5) is 13.4. The van der Waals surface area contributed by atoms with E-state index in [0.29, 0.717) is 11.1 Å². The highest BCUT2D eigenvalue weighted by Crippen LogP contribution is 2.39. The van der Waals surface area contributed by atoms with Crippen LogP contribution in [0.2, 0.25) is 0 Å². The second-order valence-electron chi connectivity index (χ2n) is 7.73. The minimum Gasteiger partial charge on any atom is -0.489 e. The lowest BCUT2D eigenvalue weighted by molar-refractivity contribution is -0.152. The molecule has 1 heterocycles. The second kappa shape index (κ2) is 8.65. The molecule has 0 radical (unpaired) electrons. The molecule has 0 aliphatic carbocycles. The molecule has 0 unspecified atom stereocenters. The van der Waals surface area contributed by atoms with Crippen LogP contribution in [-0.4, -0.2) is 0 Å². The Kier molecular flexibility index (Phi) is 5.65. The highest BCUT2D eigenvalue weighted by molar-refractivity contribution is 9.10. The van der Waals surface area contributed by atoms with Gasteiger partial charge in [-0.3, -0.25) is 4.79 Å². The Hall–Kier alpha value is -3.58. The van der Waals surface area contributed by atoms with Gasteiger partial charge in [0.2, 0.25) is 11.2 Å². The minimum absolute atomic E-state index is 0.0481. The molecule has 0 bridgehead atoms. The maximum atomic E-state index is 14.1. The summed E-state index contributed by atoms with van der Waals surface area (Å²) < 4.78 is 54.2. The summed E-state index contributed by atoms with van der Waals surface area (Å²) >= 11 is 3.36. The molecule has 1 aromatic heterocycles. The Morgan fingerprint density at radius 2 is 1.59 bits per heavy atom. The zero-order chi connectivity index (χ0) is 23.9. The molecule has 0 atom stereocenters. The molecule has 0 saturated carbocycles. The summed E-state index contributed by atoms with van der Waals surface area (Å²) in [5.74, 6) is -1.03. The Bertz CT molecular complexity index is 1570. The first-order valence-corrected chi connectivity index (χ1v) is 11.1. The van der Waals surface area contributed by atoms with E-state index < -0.39 is 22.9 Å². The molecule has 7 heteroatoms. The van der Waals surface area contributed by atoms with E-state index in [4.69, 9.17) is 9.15 Å². The first-order valence-electron chi connectivity index (χ1n) is 10.3. The van der Waals surface area contributed by atoms with E-state index in [2.05, 4.69) is 15.9 Å². The topological polar surface area (TPSA) is 39.4 Å². The number of benzene rings is 4. The van der Waals surface area contributed by atoms with E-state index in [1.165, 1.54) is 18.2 Å². The van der Waals surface area contributed by atoms with Crippen molar-refractivity contribution in [3.05, 3.63) is 111 Å². The van der Waals surface area contributed by atoms with Gasteiger partial charge in [-0.25, -0.2) is 0 Å². The highest BCUT2D eigenvalue weighted by Gasteiger charge is 2.39. The molecule has 170 valence electrons. The molecule has 3 nitrogen and oxygen atoms in total. The molecular weight excluding hydrogens is 509 g/mol. The van der Waals surface area contributed by atoms with E-state index in [1.54, 1.807) is 42.5 Å². The molecule has 5 rings (SSSR count). The van der Waals surface area contributed by atoms with Crippen molar-refractivity contribution in [1.29, 1.82) is 0 Å². The predicted molar refractivity (Wildman–Crippen MR) is 129 cm³/mol. The monoisotopic (exact) mass is 524 g/mol. The molecule has 4 aromatic carbocycles. The molecule has 0 N–H and O–H groups in total. The van der Waals surface area contributed by atoms with Crippen molar-refractivity contribution in [1.82, 2.24) is 0 Å². The third-order valence-electron chi connectivity index (χ3n) is 5.50. The van der Waals surface area contributed by atoms with Crippen LogP contribution in [0.4, 0.5) is 13.2 Å². The summed E-state index contributed by atoms with van der Waals surface area (Å²) in [5, 5.41) is 1.31. The van der Waals surface area contributed by atoms with Crippen LogP contribution in [0, 0.1) is 0 Å². The van der Waals surface area contributed by atoms with Crippen LogP contribution in [0.5, 0.6) is 5.75 Å². The lowest BCUT2D eigenvalue weighted by atomic mass is 9.96. The zero-order valence-electron chi connectivity index (χ0n) is 17.5. The predicted octanol–water partition coefficient (Wildman–Crippen LogP) is 7.97. The molecule has 5 aromatic rings. The van der Waals surface area contributed by atoms with Crippen LogP contribution in [0.15, 0.2) is 98.6 Å². The fourth-order valence-electron chi connectivity index (χ4n) is 3.90. The van der Waals surface area contributed by atoms with Gasteiger partial charge in [0.1, 0.15) is 17.9 Å². The fourth-order valence-corrected chi connectivity index (χ4v) is 4.16. The van der Waals surface area contributed by atoms with Crippen LogP contribution in [0.1, 0.15) is 11.3 Å². The summed E-state index contributed by atoms with van der Waals surface area (Å²) in [6.45, 7) is 0.212. The highest BCUT2D eigenvalue weighted by atomic mass is 79.9. The molecule has 0 aliphatic heterocycles. The SMILES string of the molecule is O=c1c(-c2cccc3ccccc23)c(C(F)(F)F)oc2cc(OCc3ccc(Br)cc3)ccc12. The largest absolute Gasteiger partial charge is 0.489 e. The molecule has 0 spiro atoms. The number of alkyl halides is 3. The molecule has 0 fully saturated rings. The third kappa shape index (κ3) is 4.19.